The molecule has 0 rings (SSSR count). The van der Waals surface area contributed by atoms with Crippen molar-refractivity contribution in [1.82, 2.24) is 10.6 Å². The zero-order valence-electron chi connectivity index (χ0n) is 14.4. The van der Waals surface area contributed by atoms with Crippen molar-refractivity contribution in [3.05, 3.63) is 0 Å². The summed E-state index contributed by atoms with van der Waals surface area (Å²) < 4.78 is 9.48. The highest BCUT2D eigenvalue weighted by molar-refractivity contribution is 5.67. The molecule has 0 bridgehead atoms. The fourth-order valence-corrected chi connectivity index (χ4v) is 2.24. The molecular weight excluding hydrogens is 320 g/mol. The van der Waals surface area contributed by atoms with E-state index in [0.717, 1.165) is 0 Å². The van der Waals surface area contributed by atoms with E-state index < -0.39 is 17.6 Å². The van der Waals surface area contributed by atoms with Crippen molar-refractivity contribution in [3.63, 3.8) is 0 Å². The summed E-state index contributed by atoms with van der Waals surface area (Å²) in [5.41, 5.74) is -0.982. The highest BCUT2D eigenvalue weighted by Gasteiger charge is 2.32. The Hall–Kier alpha value is -1.58. The van der Waals surface area contributed by atoms with E-state index in [0.29, 0.717) is 13.0 Å². The summed E-state index contributed by atoms with van der Waals surface area (Å²) in [7, 11) is 0. The van der Waals surface area contributed by atoms with Crippen LogP contribution in [0.25, 0.3) is 0 Å². The summed E-state index contributed by atoms with van der Waals surface area (Å²) in [4.78, 5) is 22.6. The van der Waals surface area contributed by atoms with Crippen LogP contribution in [0.2, 0.25) is 0 Å². The molecule has 0 aromatic carbocycles. The Balaban J connectivity index is 4.51. The second-order valence-corrected chi connectivity index (χ2v) is 5.58. The SMILES string of the molecule is CCOC(=O)NCCC(CO)CC(CO)(CO)CNC(=O)OCC. The van der Waals surface area contributed by atoms with Gasteiger partial charge < -0.3 is 35.4 Å². The first-order valence-corrected chi connectivity index (χ1v) is 8.10. The third-order valence-corrected chi connectivity index (χ3v) is 3.63. The standard InChI is InChI=1S/C15H30N2O7/c1-3-23-13(21)16-6-5-12(8-18)7-15(10-19,11-20)9-17-14(22)24-4-2/h12,18-20H,3-11H2,1-2H3,(H,16,21)(H,17,22). The number of alkyl carbamates (subject to hydrolysis) is 2. The van der Waals surface area contributed by atoms with Gasteiger partial charge in [-0.2, -0.15) is 0 Å². The van der Waals surface area contributed by atoms with Crippen molar-refractivity contribution in [2.45, 2.75) is 26.7 Å². The first-order valence-electron chi connectivity index (χ1n) is 8.10. The van der Waals surface area contributed by atoms with Gasteiger partial charge in [-0.15, -0.1) is 0 Å². The molecule has 0 aliphatic rings. The van der Waals surface area contributed by atoms with Gasteiger partial charge in [-0.05, 0) is 32.6 Å². The molecule has 0 heterocycles. The lowest BCUT2D eigenvalue weighted by atomic mass is 9.79. The Morgan fingerprint density at radius 1 is 1.00 bits per heavy atom. The molecule has 0 aromatic heterocycles. The van der Waals surface area contributed by atoms with Crippen LogP contribution in [-0.2, 0) is 9.47 Å². The van der Waals surface area contributed by atoms with E-state index in [2.05, 4.69) is 10.6 Å². The topological polar surface area (TPSA) is 137 Å². The predicted molar refractivity (Wildman–Crippen MR) is 86.5 cm³/mol. The molecular formula is C15H30N2O7. The van der Waals surface area contributed by atoms with Crippen LogP contribution in [0.5, 0.6) is 0 Å². The Morgan fingerprint density at radius 2 is 1.54 bits per heavy atom. The van der Waals surface area contributed by atoms with Gasteiger partial charge >= 0.3 is 12.2 Å². The predicted octanol–water partition coefficient (Wildman–Crippen LogP) is -0.162. The normalized spacial score (nSPS) is 12.4. The number of aliphatic hydroxyl groups is 3. The van der Waals surface area contributed by atoms with Crippen molar-refractivity contribution in [1.29, 1.82) is 0 Å². The minimum absolute atomic E-state index is 0.0145. The molecule has 2 amide bonds. The van der Waals surface area contributed by atoms with Gasteiger partial charge in [0.2, 0.25) is 0 Å². The molecule has 142 valence electrons. The molecule has 0 aliphatic carbocycles. The molecule has 9 heteroatoms. The molecule has 0 fully saturated rings. The number of nitrogens with one attached hydrogen (secondary N) is 2. The lowest BCUT2D eigenvalue weighted by molar-refractivity contribution is 0.0224. The summed E-state index contributed by atoms with van der Waals surface area (Å²) in [6.45, 7) is 3.26. The van der Waals surface area contributed by atoms with Crippen LogP contribution in [-0.4, -0.2) is 73.6 Å². The lowest BCUT2D eigenvalue weighted by Crippen LogP contribution is -2.44. The fraction of sp³-hybridized carbons (Fsp3) is 0.867. The Kier molecular flexibility index (Phi) is 12.0. The van der Waals surface area contributed by atoms with E-state index in [1.54, 1.807) is 13.8 Å². The van der Waals surface area contributed by atoms with Gasteiger partial charge in [0.15, 0.2) is 0 Å². The van der Waals surface area contributed by atoms with Gasteiger partial charge in [0.05, 0.1) is 26.4 Å². The van der Waals surface area contributed by atoms with Gasteiger partial charge in [0, 0.05) is 25.1 Å². The maximum atomic E-state index is 11.4. The number of hydrogen-bond donors (Lipinski definition) is 5. The smallest absolute Gasteiger partial charge is 0.407 e. The van der Waals surface area contributed by atoms with E-state index >= 15 is 0 Å². The van der Waals surface area contributed by atoms with Gasteiger partial charge in [-0.25, -0.2) is 9.59 Å². The van der Waals surface area contributed by atoms with E-state index in [1.165, 1.54) is 0 Å². The van der Waals surface area contributed by atoms with Crippen LogP contribution in [0.4, 0.5) is 9.59 Å². The molecule has 5 N–H and O–H groups in total. The minimum Gasteiger partial charge on any atom is -0.450 e. The summed E-state index contributed by atoms with van der Waals surface area (Å²) in [5.74, 6) is -0.268. The van der Waals surface area contributed by atoms with Crippen LogP contribution < -0.4 is 10.6 Å². The second-order valence-electron chi connectivity index (χ2n) is 5.58. The molecule has 0 aromatic rings. The van der Waals surface area contributed by atoms with Gasteiger partial charge in [-0.3, -0.25) is 0 Å². The molecule has 1 unspecified atom stereocenters. The molecule has 0 spiro atoms. The summed E-state index contributed by atoms with van der Waals surface area (Å²) >= 11 is 0. The summed E-state index contributed by atoms with van der Waals surface area (Å²) in [6.07, 6.45) is -0.453. The maximum absolute atomic E-state index is 11.4. The maximum Gasteiger partial charge on any atom is 0.407 e. The molecule has 9 nitrogen and oxygen atoms in total. The monoisotopic (exact) mass is 350 g/mol. The zero-order valence-corrected chi connectivity index (χ0v) is 14.4. The van der Waals surface area contributed by atoms with Crippen LogP contribution in [0, 0.1) is 11.3 Å². The first-order chi connectivity index (χ1) is 11.5. The average Bonchev–Trinajstić information content (AvgIpc) is 2.58. The number of amides is 2. The number of rotatable bonds is 12. The lowest BCUT2D eigenvalue weighted by Gasteiger charge is -2.33. The van der Waals surface area contributed by atoms with E-state index in [9.17, 15) is 24.9 Å². The molecule has 1 atom stereocenters. The minimum atomic E-state index is -0.982. The van der Waals surface area contributed by atoms with Crippen LogP contribution in [0.3, 0.4) is 0 Å². The first kappa shape index (κ1) is 22.4. The van der Waals surface area contributed by atoms with Crippen LogP contribution in [0.15, 0.2) is 0 Å². The highest BCUT2D eigenvalue weighted by atomic mass is 16.6. The number of ether oxygens (including phenoxy) is 2. The quantitative estimate of drug-likeness (QED) is 0.330. The molecule has 0 saturated heterocycles. The third kappa shape index (κ3) is 8.90. The van der Waals surface area contributed by atoms with E-state index in [-0.39, 0.29) is 51.9 Å². The van der Waals surface area contributed by atoms with Crippen LogP contribution >= 0.6 is 0 Å². The van der Waals surface area contributed by atoms with Crippen molar-refractivity contribution in [2.75, 3.05) is 46.1 Å². The molecule has 0 radical (unpaired) electrons. The number of aliphatic hydroxyl groups excluding tert-OH is 3. The zero-order chi connectivity index (χ0) is 18.4. The Bertz CT molecular complexity index is 362. The van der Waals surface area contributed by atoms with E-state index in [4.69, 9.17) is 9.47 Å². The Labute approximate surface area is 142 Å². The van der Waals surface area contributed by atoms with Gasteiger partial charge in [-0.1, -0.05) is 0 Å². The number of carbonyl (C=O) groups excluding carboxylic acids is 2. The van der Waals surface area contributed by atoms with Crippen molar-refractivity contribution in [2.24, 2.45) is 11.3 Å². The van der Waals surface area contributed by atoms with Crippen molar-refractivity contribution < 1.29 is 34.4 Å². The molecule has 0 aliphatic heterocycles. The van der Waals surface area contributed by atoms with Gasteiger partial charge in [0.25, 0.3) is 0 Å². The van der Waals surface area contributed by atoms with Gasteiger partial charge in [0.1, 0.15) is 0 Å². The number of hydrogen-bond acceptors (Lipinski definition) is 7. The molecule has 0 saturated carbocycles. The van der Waals surface area contributed by atoms with Crippen molar-refractivity contribution >= 4 is 12.2 Å². The average molecular weight is 350 g/mol. The fourth-order valence-electron chi connectivity index (χ4n) is 2.24. The third-order valence-electron chi connectivity index (χ3n) is 3.63. The number of carbonyl (C=O) groups is 2. The molecule has 24 heavy (non-hydrogen) atoms. The van der Waals surface area contributed by atoms with Crippen molar-refractivity contribution in [3.8, 4) is 0 Å². The highest BCUT2D eigenvalue weighted by Crippen LogP contribution is 2.27. The second kappa shape index (κ2) is 12.8. The summed E-state index contributed by atoms with van der Waals surface area (Å²) in [5, 5.41) is 33.8. The van der Waals surface area contributed by atoms with E-state index in [1.807, 2.05) is 0 Å². The largest absolute Gasteiger partial charge is 0.450 e. The van der Waals surface area contributed by atoms with Crippen LogP contribution in [0.1, 0.15) is 26.7 Å². The Morgan fingerprint density at radius 3 is 2.00 bits per heavy atom. The summed E-state index contributed by atoms with van der Waals surface area (Å²) in [6, 6.07) is 0.